The number of hydrogen-bond donors (Lipinski definition) is 4. The minimum absolute atomic E-state index is 0.000250. The van der Waals surface area contributed by atoms with Crippen molar-refractivity contribution in [2.75, 3.05) is 33.3 Å². The first-order valence-corrected chi connectivity index (χ1v) is 15.6. The average Bonchev–Trinajstić information content (AvgIpc) is 3.46. The normalized spacial score (nSPS) is 44.8. The van der Waals surface area contributed by atoms with Crippen LogP contribution in [0, 0.1) is 29.6 Å². The van der Waals surface area contributed by atoms with Gasteiger partial charge in [-0.3, -0.25) is 20.2 Å². The monoisotopic (exact) mass is 595 g/mol. The summed E-state index contributed by atoms with van der Waals surface area (Å²) in [6.45, 7) is 4.29. The van der Waals surface area contributed by atoms with Crippen LogP contribution in [-0.4, -0.2) is 97.0 Å². The molecule has 0 spiro atoms. The van der Waals surface area contributed by atoms with Crippen molar-refractivity contribution >= 4 is 35.2 Å². The smallest absolute Gasteiger partial charge is 0.241 e. The van der Waals surface area contributed by atoms with Crippen molar-refractivity contribution in [2.45, 2.75) is 86.1 Å². The average molecular weight is 596 g/mol. The van der Waals surface area contributed by atoms with Crippen molar-refractivity contribution < 1.29 is 27.5 Å². The third-order valence-corrected chi connectivity index (χ3v) is 11.1. The van der Waals surface area contributed by atoms with Crippen molar-refractivity contribution in [3.8, 4) is 0 Å². The number of fused-ring (bicyclic) bond motifs is 1. The molecule has 4 saturated heterocycles. The Morgan fingerprint density at radius 3 is 2.59 bits per heavy atom. The van der Waals surface area contributed by atoms with Gasteiger partial charge in [-0.15, -0.1) is 23.4 Å². The zero-order valence-corrected chi connectivity index (χ0v) is 24.0. The molecule has 1 aliphatic carbocycles. The first kappa shape index (κ1) is 29.7. The van der Waals surface area contributed by atoms with E-state index >= 15 is 0 Å². The fourth-order valence-corrected chi connectivity index (χ4v) is 9.11. The maximum Gasteiger partial charge on any atom is 0.241 e. The number of nitrogens with zero attached hydrogens (tertiary/aromatic N) is 1. The summed E-state index contributed by atoms with van der Waals surface area (Å²) in [6.07, 6.45) is -2.45. The molecule has 12 unspecified atom stereocenters. The topological polar surface area (TPSA) is 94.7 Å². The van der Waals surface area contributed by atoms with Gasteiger partial charge in [0, 0.05) is 62.5 Å². The molecule has 5 fully saturated rings. The van der Waals surface area contributed by atoms with E-state index in [2.05, 4.69) is 28.2 Å². The fourth-order valence-electron chi connectivity index (χ4n) is 7.40. The minimum Gasteiger partial charge on any atom is -0.380 e. The zero-order valence-electron chi connectivity index (χ0n) is 22.5. The molecule has 1 saturated carbocycles. The highest BCUT2D eigenvalue weighted by atomic mass is 35.5. The van der Waals surface area contributed by atoms with E-state index < -0.39 is 24.4 Å². The van der Waals surface area contributed by atoms with Gasteiger partial charge in [0.05, 0.1) is 17.5 Å². The van der Waals surface area contributed by atoms with Crippen LogP contribution in [0.15, 0.2) is 0 Å². The second-order valence-corrected chi connectivity index (χ2v) is 13.9. The molecule has 12 atom stereocenters. The molecule has 222 valence electrons. The lowest BCUT2D eigenvalue weighted by atomic mass is 9.70. The summed E-state index contributed by atoms with van der Waals surface area (Å²) >= 11 is 8.03. The number of likely N-dealkylation sites (tertiary alicyclic amines) is 1. The highest BCUT2D eigenvalue weighted by molar-refractivity contribution is 8.00. The molecule has 5 rings (SSSR count). The van der Waals surface area contributed by atoms with Gasteiger partial charge in [-0.1, -0.05) is 0 Å². The second-order valence-electron chi connectivity index (χ2n) is 12.0. The quantitative estimate of drug-likeness (QED) is 0.276. The number of piperidine rings is 2. The highest BCUT2D eigenvalue weighted by Crippen LogP contribution is 2.40. The number of amides is 2. The van der Waals surface area contributed by atoms with Crippen LogP contribution in [0.25, 0.3) is 0 Å². The van der Waals surface area contributed by atoms with E-state index in [4.69, 9.17) is 16.3 Å². The molecule has 0 bridgehead atoms. The van der Waals surface area contributed by atoms with Crippen LogP contribution in [0.3, 0.4) is 0 Å². The summed E-state index contributed by atoms with van der Waals surface area (Å²) in [5.74, 6) is -1.88. The molecule has 0 aromatic rings. The maximum atomic E-state index is 14.1. The van der Waals surface area contributed by atoms with Gasteiger partial charge in [0.25, 0.3) is 0 Å². The molecule has 39 heavy (non-hydrogen) atoms. The molecule has 4 aliphatic heterocycles. The molecular weight excluding hydrogens is 555 g/mol. The first-order chi connectivity index (χ1) is 18.6. The minimum atomic E-state index is -2.60. The van der Waals surface area contributed by atoms with Gasteiger partial charge in [-0.05, 0) is 50.9 Å². The van der Waals surface area contributed by atoms with Crippen LogP contribution in [0.4, 0.5) is 13.2 Å². The Balaban J connectivity index is 1.15. The lowest BCUT2D eigenvalue weighted by molar-refractivity contribution is -0.138. The SMILES string of the molecule is COC1CNC(Cl)CC1C1CC(C)NCC1C(=O)NC1NC2CN(C(=O)C3CC(F)CC(C(F)F)C3)CC2S1. The Morgan fingerprint density at radius 2 is 1.87 bits per heavy atom. The van der Waals surface area contributed by atoms with Gasteiger partial charge in [-0.25, -0.2) is 13.2 Å². The fraction of sp³-hybridized carbons (Fsp3) is 0.923. The number of carbonyl (C=O) groups excluding carboxylic acids is 2. The Kier molecular flexibility index (Phi) is 9.60. The van der Waals surface area contributed by atoms with Crippen LogP contribution < -0.4 is 21.3 Å². The molecule has 8 nitrogen and oxygen atoms in total. The summed E-state index contributed by atoms with van der Waals surface area (Å²) in [5.41, 5.74) is -0.414. The molecular formula is C26H41ClF3N5O3S. The Hall–Kier alpha value is -0.790. The molecule has 4 heterocycles. The van der Waals surface area contributed by atoms with Gasteiger partial charge in [0.1, 0.15) is 11.7 Å². The van der Waals surface area contributed by atoms with Crippen molar-refractivity contribution in [1.29, 1.82) is 0 Å². The summed E-state index contributed by atoms with van der Waals surface area (Å²) in [6, 6.07) is 0.286. The molecule has 13 heteroatoms. The van der Waals surface area contributed by atoms with Crippen LogP contribution in [0.5, 0.6) is 0 Å². The van der Waals surface area contributed by atoms with Gasteiger partial charge < -0.3 is 20.3 Å². The van der Waals surface area contributed by atoms with E-state index in [-0.39, 0.29) is 77.2 Å². The Bertz CT molecular complexity index is 882. The molecule has 0 aromatic heterocycles. The molecule has 4 N–H and O–H groups in total. The van der Waals surface area contributed by atoms with Crippen LogP contribution in [-0.2, 0) is 14.3 Å². The van der Waals surface area contributed by atoms with E-state index in [1.165, 1.54) is 0 Å². The van der Waals surface area contributed by atoms with Gasteiger partial charge >= 0.3 is 0 Å². The summed E-state index contributed by atoms with van der Waals surface area (Å²) < 4.78 is 46.3. The van der Waals surface area contributed by atoms with Crippen molar-refractivity contribution in [1.82, 2.24) is 26.2 Å². The molecule has 2 amide bonds. The largest absolute Gasteiger partial charge is 0.380 e. The maximum absolute atomic E-state index is 14.1. The number of methoxy groups -OCH3 is 1. The van der Waals surface area contributed by atoms with Crippen molar-refractivity contribution in [2.24, 2.45) is 29.6 Å². The third-order valence-electron chi connectivity index (χ3n) is 9.43. The van der Waals surface area contributed by atoms with E-state index in [1.807, 2.05) is 0 Å². The van der Waals surface area contributed by atoms with Gasteiger partial charge in [0.2, 0.25) is 18.2 Å². The van der Waals surface area contributed by atoms with E-state index in [1.54, 1.807) is 23.8 Å². The lowest BCUT2D eigenvalue weighted by Gasteiger charge is -2.45. The predicted octanol–water partition coefficient (Wildman–Crippen LogP) is 2.13. The Morgan fingerprint density at radius 1 is 1.08 bits per heavy atom. The standard InChI is InChI=1S/C26H41ClF3N5O3S/c1-12-3-16(17-7-22(27)32-9-20(17)38-2)18(8-31-12)24(36)34-26-33-19-10-35(11-21(19)39-26)25(37)14-4-13(23(29)30)5-15(28)6-14/h12-23,26,31-33H,3-11H2,1-2H3,(H,34,36). The van der Waals surface area contributed by atoms with Gasteiger partial charge in [-0.2, -0.15) is 0 Å². The third kappa shape index (κ3) is 6.66. The van der Waals surface area contributed by atoms with Crippen LogP contribution >= 0.6 is 23.4 Å². The van der Waals surface area contributed by atoms with E-state index in [0.29, 0.717) is 32.2 Å². The van der Waals surface area contributed by atoms with Crippen LogP contribution in [0.1, 0.15) is 39.0 Å². The lowest BCUT2D eigenvalue weighted by Crippen LogP contribution is -2.57. The number of halogens is 4. The number of thioether (sulfide) groups is 1. The summed E-state index contributed by atoms with van der Waals surface area (Å²) in [4.78, 5) is 28.3. The number of nitrogens with one attached hydrogen (secondary N) is 4. The predicted molar refractivity (Wildman–Crippen MR) is 144 cm³/mol. The van der Waals surface area contributed by atoms with Crippen LogP contribution in [0.2, 0.25) is 0 Å². The molecule has 0 aromatic carbocycles. The van der Waals surface area contributed by atoms with Gasteiger partial charge in [0.15, 0.2) is 0 Å². The van der Waals surface area contributed by atoms with E-state index in [0.717, 1.165) is 12.8 Å². The number of alkyl halides is 4. The number of rotatable bonds is 6. The number of carbonyl (C=O) groups is 2. The number of ether oxygens (including phenoxy) is 1. The number of hydrogen-bond acceptors (Lipinski definition) is 7. The summed E-state index contributed by atoms with van der Waals surface area (Å²) in [7, 11) is 1.71. The highest BCUT2D eigenvalue weighted by Gasteiger charge is 2.48. The zero-order chi connectivity index (χ0) is 27.8. The van der Waals surface area contributed by atoms with Crippen molar-refractivity contribution in [3.63, 3.8) is 0 Å². The first-order valence-electron chi connectivity index (χ1n) is 14.2. The second kappa shape index (κ2) is 12.6. The molecule has 5 aliphatic rings. The van der Waals surface area contributed by atoms with Crippen molar-refractivity contribution in [3.05, 3.63) is 0 Å². The Labute approximate surface area is 237 Å². The molecule has 0 radical (unpaired) electrons. The van der Waals surface area contributed by atoms with E-state index in [9.17, 15) is 22.8 Å². The summed E-state index contributed by atoms with van der Waals surface area (Å²) in [5, 5.41) is 13.4.